The maximum atomic E-state index is 15.6. The van der Waals surface area contributed by atoms with Crippen molar-refractivity contribution in [1.82, 2.24) is 61.4 Å². The number of aromatic hydroxyl groups is 2. The van der Waals surface area contributed by atoms with E-state index >= 15 is 43.2 Å². The van der Waals surface area contributed by atoms with Gasteiger partial charge in [-0.05, 0) is 93.7 Å². The van der Waals surface area contributed by atoms with E-state index in [4.69, 9.17) is 22.1 Å². The topological polar surface area (TPSA) is 453 Å². The lowest BCUT2D eigenvalue weighted by atomic mass is 9.84. The van der Waals surface area contributed by atoms with Crippen LogP contribution in [0.2, 0.25) is 5.02 Å². The molecule has 714 valence electrons. The van der Waals surface area contributed by atoms with Crippen LogP contribution in [-0.4, -0.2) is 255 Å². The number of ketones is 3. The standard InChI is InChI=1S/C99H118ClN13O19S.CH4/c1-9-10-30-83-98(130)109(4)55-73(117)51-69(57-132-60-114)87(119)53-75(61(2)3)95(127)112(7)84(49-63-24-16-12-17-25-63)94(126)107-80(48-67-35-41-72(116)42-36-67)96(128)110(5)56-89(121)103-79(52-68-54-102-76-29-21-20-28-74(68)76)93(125)106-77(46-66-33-39-71(115)40-34-66)91(123)105-78(45-65-31-37-70(100)38-32-65)92(124)108-82(86(118)43-44-88(101)120)58-133-59-90(122)104-81(47-62-22-14-11-15-23-62)97(129)113(8)85(99(131)111(83)6)50-64-26-18-13-19-27-64;/h11-29,31-42,54,60-61,69,75,77-85,102,115-116H,9-10,30,43-53,55-59H2,1-8H3,(H2,101,120)(H,103,121)(H,104,122)(H,105,123)(H,106,125)(H,107,126)(H,108,124);1H4/t69-,75-,77-,78-,79-,80-,81-,82-,83-,84-,85-;/m0./s1. The molecule has 2 heterocycles. The number of para-hydroxylation sites is 1. The number of ether oxygens (including phenoxy) is 1. The quantitative estimate of drug-likeness (QED) is 0.0259. The van der Waals surface area contributed by atoms with E-state index in [-0.39, 0.29) is 82.5 Å². The maximum absolute atomic E-state index is 15.6. The number of fused-ring (bicyclic) bond motifs is 1. The van der Waals surface area contributed by atoms with Gasteiger partial charge in [0.25, 0.3) is 6.47 Å². The number of aromatic nitrogens is 1. The second kappa shape index (κ2) is 52.0. The normalized spacial score (nSPS) is 21.5. The van der Waals surface area contributed by atoms with E-state index in [9.17, 15) is 43.8 Å². The van der Waals surface area contributed by atoms with Crippen LogP contribution in [0.1, 0.15) is 112 Å². The van der Waals surface area contributed by atoms with Crippen molar-refractivity contribution in [3.05, 3.63) is 238 Å². The Kier molecular flexibility index (Phi) is 41.1. The fraction of sp³-hybridized carbons (Fsp3) is 0.400. The second-order valence-electron chi connectivity index (χ2n) is 34.0. The number of amides is 12. The van der Waals surface area contributed by atoms with Gasteiger partial charge in [-0.15, -0.1) is 11.8 Å². The number of thioether (sulfide) groups is 1. The molecule has 12 amide bonds. The molecule has 0 spiro atoms. The number of carbonyl (C=O) groups is 16. The number of likely N-dealkylation sites (N-methyl/N-ethyl adjacent to an activating group) is 5. The highest BCUT2D eigenvalue weighted by Crippen LogP contribution is 2.28. The first-order valence-corrected chi connectivity index (χ1v) is 45.7. The van der Waals surface area contributed by atoms with Gasteiger partial charge in [0.1, 0.15) is 72.2 Å². The van der Waals surface area contributed by atoms with Crippen LogP contribution >= 0.6 is 23.4 Å². The third-order valence-corrected chi connectivity index (χ3v) is 24.9. The van der Waals surface area contributed by atoms with Gasteiger partial charge in [-0.2, -0.15) is 0 Å². The molecule has 11 N–H and O–H groups in total. The van der Waals surface area contributed by atoms with E-state index < -0.39 is 211 Å². The molecule has 1 saturated heterocycles. The molecular weight excluding hydrogens is 1750 g/mol. The molecule has 32 nitrogen and oxygen atoms in total. The Hall–Kier alpha value is -13.6. The smallest absolute Gasteiger partial charge is 0.293 e. The Bertz CT molecular complexity index is 5370. The van der Waals surface area contributed by atoms with Crippen LogP contribution < -0.4 is 37.6 Å². The number of hydrogen-bond donors (Lipinski definition) is 10. The average Bonchev–Trinajstić information content (AvgIpc) is 1.59. The van der Waals surface area contributed by atoms with Gasteiger partial charge in [0.15, 0.2) is 11.6 Å². The molecule has 134 heavy (non-hydrogen) atoms. The van der Waals surface area contributed by atoms with E-state index in [0.29, 0.717) is 67.7 Å². The minimum atomic E-state index is -1.64. The number of primary amides is 1. The van der Waals surface area contributed by atoms with Crippen molar-refractivity contribution in [2.24, 2.45) is 23.5 Å². The average molecular weight is 1880 g/mol. The van der Waals surface area contributed by atoms with E-state index in [1.165, 1.54) is 93.6 Å². The van der Waals surface area contributed by atoms with E-state index in [2.05, 4.69) is 36.9 Å². The molecule has 9 rings (SSSR count). The number of H-pyrrole nitrogens is 1. The zero-order valence-corrected chi connectivity index (χ0v) is 77.4. The molecule has 7 aromatic carbocycles. The molecule has 11 atom stereocenters. The van der Waals surface area contributed by atoms with Crippen LogP contribution in [0.3, 0.4) is 0 Å². The fourth-order valence-electron chi connectivity index (χ4n) is 15.9. The molecule has 0 aliphatic carbocycles. The van der Waals surface area contributed by atoms with Gasteiger partial charge in [0.05, 0.1) is 30.8 Å². The summed E-state index contributed by atoms with van der Waals surface area (Å²) < 4.78 is 5.16. The van der Waals surface area contributed by atoms with Crippen LogP contribution in [0.25, 0.3) is 10.9 Å². The SMILES string of the molecule is C.CCCC[C@H]1C(=O)N(C)CC(=O)C[C@@H](COC=O)C(=O)C[C@@H](C(C)C)C(=O)N(C)[C@@H](Cc2ccccc2)C(=O)N[C@@H](Cc2ccc(O)cc2)C(=O)N(C)CC(=O)N[C@@H](Cc2c[nH]c3ccccc23)C(=O)N[C@@H](Cc2ccc(O)cc2)C(=O)N[C@@H](Cc2ccc(Cl)cc2)C(=O)N[C@H](C(=O)CCC(N)=O)CSCC(=O)N[C@@H](Cc2ccccc2)C(=O)N(C)[C@@H](Cc2ccccc2)C(=O)N1C. The van der Waals surface area contributed by atoms with Gasteiger partial charge < -0.3 is 82.1 Å². The number of nitrogens with zero attached hydrogens (tertiary/aromatic N) is 5. The largest absolute Gasteiger partial charge is 0.508 e. The van der Waals surface area contributed by atoms with E-state index in [1.54, 1.807) is 160 Å². The lowest BCUT2D eigenvalue weighted by Crippen LogP contribution is -2.59. The number of unbranched alkanes of at least 4 members (excludes halogenated alkanes) is 1. The summed E-state index contributed by atoms with van der Waals surface area (Å²) >= 11 is 7.23. The predicted octanol–water partition coefficient (Wildman–Crippen LogP) is 6.93. The number of phenolic OH excluding ortho intramolecular Hbond substituents is 2. The lowest BCUT2D eigenvalue weighted by Gasteiger charge is -2.37. The number of rotatable bonds is 25. The fourth-order valence-corrected chi connectivity index (χ4v) is 16.9. The molecule has 0 radical (unpaired) electrons. The molecule has 8 aromatic rings. The van der Waals surface area contributed by atoms with Crippen LogP contribution in [0.15, 0.2) is 194 Å². The third-order valence-electron chi connectivity index (χ3n) is 23.6. The number of carbonyl (C=O) groups excluding carboxylic acids is 16. The Morgan fingerprint density at radius 3 is 1.49 bits per heavy atom. The summed E-state index contributed by atoms with van der Waals surface area (Å²) in [6.45, 7) is 3.30. The zero-order chi connectivity index (χ0) is 96.5. The summed E-state index contributed by atoms with van der Waals surface area (Å²) in [5.74, 6) is -16.4. The van der Waals surface area contributed by atoms with Crippen molar-refractivity contribution >= 4 is 129 Å². The number of benzene rings is 7. The zero-order valence-electron chi connectivity index (χ0n) is 75.9. The monoisotopic (exact) mass is 1880 g/mol. The van der Waals surface area contributed by atoms with E-state index in [0.717, 1.165) is 26.5 Å². The Labute approximate surface area is 789 Å². The van der Waals surface area contributed by atoms with Crippen LogP contribution in [0.5, 0.6) is 11.5 Å². The first-order valence-electron chi connectivity index (χ1n) is 44.1. The Balaban J connectivity index is 0.0000221. The lowest BCUT2D eigenvalue weighted by molar-refractivity contribution is -0.151. The highest BCUT2D eigenvalue weighted by atomic mass is 35.5. The number of phenols is 2. The molecule has 0 saturated carbocycles. The molecule has 1 aliphatic rings. The van der Waals surface area contributed by atoms with Crippen molar-refractivity contribution in [3.63, 3.8) is 0 Å². The van der Waals surface area contributed by atoms with Gasteiger partial charge >= 0.3 is 0 Å². The van der Waals surface area contributed by atoms with Crippen LogP contribution in [0, 0.1) is 17.8 Å². The minimum absolute atomic E-state index is 0. The van der Waals surface area contributed by atoms with Crippen LogP contribution in [-0.2, 0) is 126 Å². The summed E-state index contributed by atoms with van der Waals surface area (Å²) in [4.78, 5) is 245. The predicted molar refractivity (Wildman–Crippen MR) is 508 cm³/mol. The highest BCUT2D eigenvalue weighted by Gasteiger charge is 2.42. The molecule has 0 bridgehead atoms. The Morgan fingerprint density at radius 1 is 0.493 bits per heavy atom. The van der Waals surface area contributed by atoms with Gasteiger partial charge in [0, 0.05) is 140 Å². The number of hydrogen-bond acceptors (Lipinski definition) is 20. The molecule has 34 heteroatoms. The summed E-state index contributed by atoms with van der Waals surface area (Å²) in [6.07, 6.45) is -0.954. The molecule has 1 fully saturated rings. The molecular formula is C100H122ClN13O19S. The van der Waals surface area contributed by atoms with Gasteiger partial charge in [-0.1, -0.05) is 198 Å². The number of aromatic amines is 1. The molecule has 1 aliphatic heterocycles. The van der Waals surface area contributed by atoms with Crippen LogP contribution in [0.4, 0.5) is 0 Å². The molecule has 1 aromatic heterocycles. The summed E-state index contributed by atoms with van der Waals surface area (Å²) in [7, 11) is 6.79. The second-order valence-corrected chi connectivity index (χ2v) is 35.4. The van der Waals surface area contributed by atoms with Gasteiger partial charge in [0.2, 0.25) is 70.9 Å². The van der Waals surface area contributed by atoms with Gasteiger partial charge in [-0.25, -0.2) is 0 Å². The number of nitrogens with two attached hydrogens (primary N) is 1. The summed E-state index contributed by atoms with van der Waals surface area (Å²) in [6, 6.07) is 37.5. The minimum Gasteiger partial charge on any atom is -0.508 e. The maximum Gasteiger partial charge on any atom is 0.293 e. The van der Waals surface area contributed by atoms with Crippen molar-refractivity contribution in [3.8, 4) is 11.5 Å². The molecule has 0 unspecified atom stereocenters. The third kappa shape index (κ3) is 31.6. The van der Waals surface area contributed by atoms with Crippen molar-refractivity contribution in [2.45, 2.75) is 172 Å². The number of nitrogens with one attached hydrogen (secondary N) is 7. The van der Waals surface area contributed by atoms with Gasteiger partial charge in [-0.3, -0.25) is 76.7 Å². The van der Waals surface area contributed by atoms with E-state index in [1.807, 2.05) is 6.92 Å². The highest BCUT2D eigenvalue weighted by molar-refractivity contribution is 8.00. The Morgan fingerprint density at radius 2 is 0.948 bits per heavy atom. The van der Waals surface area contributed by atoms with Crippen molar-refractivity contribution in [2.75, 3.05) is 66.4 Å². The first-order chi connectivity index (χ1) is 63.6. The number of halogens is 1. The van der Waals surface area contributed by atoms with Crippen molar-refractivity contribution in [1.29, 1.82) is 0 Å². The first kappa shape index (κ1) is 106. The summed E-state index contributed by atoms with van der Waals surface area (Å²) in [5, 5.41) is 38.6. The summed E-state index contributed by atoms with van der Waals surface area (Å²) in [5.41, 5.74) is 9.74. The number of Topliss-reactive ketones (excluding diaryl/α,β-unsaturated/α-hetero) is 3. The van der Waals surface area contributed by atoms with Crippen molar-refractivity contribution < 1.29 is 91.7 Å².